The SMILES string of the molecule is CC[C@H](NC(=O)COC(=O)COc1ccc(Cl)c(C)c1)c1ccc(C)cc1. The zero-order valence-corrected chi connectivity index (χ0v) is 16.5. The summed E-state index contributed by atoms with van der Waals surface area (Å²) < 4.78 is 10.3. The second-order valence-corrected chi connectivity index (χ2v) is 6.71. The summed E-state index contributed by atoms with van der Waals surface area (Å²) in [6.45, 7) is 5.22. The van der Waals surface area contributed by atoms with E-state index in [0.717, 1.165) is 23.1 Å². The van der Waals surface area contributed by atoms with Gasteiger partial charge in [0.05, 0.1) is 6.04 Å². The molecule has 0 heterocycles. The van der Waals surface area contributed by atoms with Gasteiger partial charge in [-0.15, -0.1) is 0 Å². The Kier molecular flexibility index (Phi) is 7.67. The van der Waals surface area contributed by atoms with E-state index in [-0.39, 0.29) is 25.2 Å². The highest BCUT2D eigenvalue weighted by Gasteiger charge is 2.14. The van der Waals surface area contributed by atoms with Crippen molar-refractivity contribution in [2.75, 3.05) is 13.2 Å². The molecule has 144 valence electrons. The lowest BCUT2D eigenvalue weighted by Gasteiger charge is -2.17. The van der Waals surface area contributed by atoms with Crippen LogP contribution in [0.1, 0.15) is 36.1 Å². The number of nitrogens with one attached hydrogen (secondary N) is 1. The molecule has 2 rings (SSSR count). The third kappa shape index (κ3) is 6.61. The molecule has 27 heavy (non-hydrogen) atoms. The Balaban J connectivity index is 1.77. The minimum atomic E-state index is -0.610. The largest absolute Gasteiger partial charge is 0.482 e. The molecule has 2 aromatic rings. The van der Waals surface area contributed by atoms with Crippen molar-refractivity contribution in [1.29, 1.82) is 0 Å². The van der Waals surface area contributed by atoms with Crippen LogP contribution in [-0.2, 0) is 14.3 Å². The van der Waals surface area contributed by atoms with Crippen LogP contribution in [-0.4, -0.2) is 25.1 Å². The lowest BCUT2D eigenvalue weighted by molar-refractivity contribution is -0.150. The zero-order valence-electron chi connectivity index (χ0n) is 15.8. The molecular formula is C21H24ClNO4. The zero-order chi connectivity index (χ0) is 19.8. The van der Waals surface area contributed by atoms with Crippen LogP contribution in [0.4, 0.5) is 0 Å². The molecule has 0 radical (unpaired) electrons. The Hall–Kier alpha value is -2.53. The van der Waals surface area contributed by atoms with Crippen molar-refractivity contribution in [2.45, 2.75) is 33.2 Å². The van der Waals surface area contributed by atoms with Crippen LogP contribution in [0.3, 0.4) is 0 Å². The smallest absolute Gasteiger partial charge is 0.344 e. The molecule has 0 aromatic heterocycles. The maximum Gasteiger partial charge on any atom is 0.344 e. The molecule has 0 saturated heterocycles. The summed E-state index contributed by atoms with van der Waals surface area (Å²) in [7, 11) is 0. The molecule has 0 spiro atoms. The van der Waals surface area contributed by atoms with E-state index in [1.54, 1.807) is 18.2 Å². The number of esters is 1. The fraction of sp³-hybridized carbons (Fsp3) is 0.333. The molecule has 0 unspecified atom stereocenters. The summed E-state index contributed by atoms with van der Waals surface area (Å²) >= 11 is 5.94. The van der Waals surface area contributed by atoms with Gasteiger partial charge in [0, 0.05) is 5.02 Å². The van der Waals surface area contributed by atoms with Crippen LogP contribution in [0.2, 0.25) is 5.02 Å². The lowest BCUT2D eigenvalue weighted by Crippen LogP contribution is -2.32. The molecule has 0 aliphatic heterocycles. The summed E-state index contributed by atoms with van der Waals surface area (Å²) in [5.74, 6) is -0.442. The average Bonchev–Trinajstić information content (AvgIpc) is 2.66. The second-order valence-electron chi connectivity index (χ2n) is 6.30. The number of benzene rings is 2. The van der Waals surface area contributed by atoms with Gasteiger partial charge in [-0.3, -0.25) is 4.79 Å². The summed E-state index contributed by atoms with van der Waals surface area (Å²) in [6.07, 6.45) is 0.738. The minimum Gasteiger partial charge on any atom is -0.482 e. The summed E-state index contributed by atoms with van der Waals surface area (Å²) in [6, 6.07) is 12.9. The summed E-state index contributed by atoms with van der Waals surface area (Å²) in [5.41, 5.74) is 3.03. The van der Waals surface area contributed by atoms with Gasteiger partial charge in [0.2, 0.25) is 0 Å². The van der Waals surface area contributed by atoms with Crippen LogP contribution < -0.4 is 10.1 Å². The molecule has 0 bridgehead atoms. The highest BCUT2D eigenvalue weighted by atomic mass is 35.5. The first-order valence-corrected chi connectivity index (χ1v) is 9.17. The fourth-order valence-electron chi connectivity index (χ4n) is 2.49. The molecule has 1 amide bonds. The molecular weight excluding hydrogens is 366 g/mol. The van der Waals surface area contributed by atoms with E-state index in [2.05, 4.69) is 5.32 Å². The van der Waals surface area contributed by atoms with E-state index in [0.29, 0.717) is 10.8 Å². The highest BCUT2D eigenvalue weighted by molar-refractivity contribution is 6.31. The lowest BCUT2D eigenvalue weighted by atomic mass is 10.0. The first-order chi connectivity index (χ1) is 12.9. The molecule has 2 aromatic carbocycles. The number of rotatable bonds is 8. The standard InChI is InChI=1S/C21H24ClNO4/c1-4-19(16-7-5-14(2)6-8-16)23-20(24)12-27-21(25)13-26-17-9-10-18(22)15(3)11-17/h5-11,19H,4,12-13H2,1-3H3,(H,23,24)/t19-/m0/s1. The Labute approximate surface area is 164 Å². The number of carbonyl (C=O) groups excluding carboxylic acids is 2. The number of halogens is 1. The molecule has 0 aliphatic carbocycles. The Morgan fingerprint density at radius 1 is 1.07 bits per heavy atom. The van der Waals surface area contributed by atoms with E-state index in [1.807, 2.05) is 45.0 Å². The van der Waals surface area contributed by atoms with Crippen molar-refractivity contribution >= 4 is 23.5 Å². The topological polar surface area (TPSA) is 64.6 Å². The number of aryl methyl sites for hydroxylation is 2. The number of amides is 1. The number of hydrogen-bond acceptors (Lipinski definition) is 4. The molecule has 6 heteroatoms. The second kappa shape index (κ2) is 9.97. The minimum absolute atomic E-state index is 0.120. The number of carbonyl (C=O) groups is 2. The third-order valence-corrected chi connectivity index (χ3v) is 4.50. The van der Waals surface area contributed by atoms with Crippen LogP contribution in [0.15, 0.2) is 42.5 Å². The van der Waals surface area contributed by atoms with Gasteiger partial charge in [0.15, 0.2) is 13.2 Å². The molecule has 0 aliphatic rings. The summed E-state index contributed by atoms with van der Waals surface area (Å²) in [4.78, 5) is 23.9. The van der Waals surface area contributed by atoms with Crippen LogP contribution >= 0.6 is 11.6 Å². The van der Waals surface area contributed by atoms with Gasteiger partial charge in [-0.25, -0.2) is 4.79 Å². The quantitative estimate of drug-likeness (QED) is 0.689. The molecule has 0 fully saturated rings. The fourth-order valence-corrected chi connectivity index (χ4v) is 2.61. The maximum absolute atomic E-state index is 12.1. The van der Waals surface area contributed by atoms with Gasteiger partial charge in [-0.1, -0.05) is 48.4 Å². The normalized spacial score (nSPS) is 11.6. The van der Waals surface area contributed by atoms with Gasteiger partial charge in [0.1, 0.15) is 5.75 Å². The van der Waals surface area contributed by atoms with Crippen molar-refractivity contribution in [3.05, 3.63) is 64.2 Å². The van der Waals surface area contributed by atoms with Crippen molar-refractivity contribution in [3.8, 4) is 5.75 Å². The average molecular weight is 390 g/mol. The summed E-state index contributed by atoms with van der Waals surface area (Å²) in [5, 5.41) is 3.50. The first kappa shape index (κ1) is 20.8. The van der Waals surface area contributed by atoms with Crippen LogP contribution in [0.5, 0.6) is 5.75 Å². The highest BCUT2D eigenvalue weighted by Crippen LogP contribution is 2.21. The monoisotopic (exact) mass is 389 g/mol. The van der Waals surface area contributed by atoms with Gasteiger partial charge in [-0.2, -0.15) is 0 Å². The van der Waals surface area contributed by atoms with E-state index < -0.39 is 5.97 Å². The molecule has 5 nitrogen and oxygen atoms in total. The first-order valence-electron chi connectivity index (χ1n) is 8.79. The van der Waals surface area contributed by atoms with Gasteiger partial charge < -0.3 is 14.8 Å². The van der Waals surface area contributed by atoms with E-state index in [1.165, 1.54) is 0 Å². The number of hydrogen-bond donors (Lipinski definition) is 1. The molecule has 1 atom stereocenters. The van der Waals surface area contributed by atoms with E-state index in [4.69, 9.17) is 21.1 Å². The van der Waals surface area contributed by atoms with Crippen molar-refractivity contribution in [3.63, 3.8) is 0 Å². The van der Waals surface area contributed by atoms with Crippen LogP contribution in [0, 0.1) is 13.8 Å². The van der Waals surface area contributed by atoms with Gasteiger partial charge >= 0.3 is 5.97 Å². The van der Waals surface area contributed by atoms with E-state index >= 15 is 0 Å². The Morgan fingerprint density at radius 3 is 2.41 bits per heavy atom. The predicted octanol–water partition coefficient (Wildman–Crippen LogP) is 4.15. The molecule has 0 saturated carbocycles. The molecule has 1 N–H and O–H groups in total. The van der Waals surface area contributed by atoms with Crippen molar-refractivity contribution < 1.29 is 19.1 Å². The van der Waals surface area contributed by atoms with Gasteiger partial charge in [0.25, 0.3) is 5.91 Å². The third-order valence-electron chi connectivity index (χ3n) is 4.07. The number of ether oxygens (including phenoxy) is 2. The van der Waals surface area contributed by atoms with Crippen LogP contribution in [0.25, 0.3) is 0 Å². The van der Waals surface area contributed by atoms with E-state index in [9.17, 15) is 9.59 Å². The van der Waals surface area contributed by atoms with Crippen molar-refractivity contribution in [1.82, 2.24) is 5.32 Å². The maximum atomic E-state index is 12.1. The van der Waals surface area contributed by atoms with Gasteiger partial charge in [-0.05, 0) is 49.6 Å². The Morgan fingerprint density at radius 2 is 1.78 bits per heavy atom. The predicted molar refractivity (Wildman–Crippen MR) is 105 cm³/mol. The Bertz CT molecular complexity index is 789. The van der Waals surface area contributed by atoms with Crippen molar-refractivity contribution in [2.24, 2.45) is 0 Å².